The van der Waals surface area contributed by atoms with E-state index in [-0.39, 0.29) is 10.9 Å². The predicted molar refractivity (Wildman–Crippen MR) is 306 cm³/mol. The topological polar surface area (TPSA) is 42.3 Å². The molecule has 1 aliphatic rings. The molecule has 5 heteroatoms. The molecule has 0 atom stereocenters. The van der Waals surface area contributed by atoms with Crippen molar-refractivity contribution in [3.05, 3.63) is 263 Å². The highest BCUT2D eigenvalue weighted by Gasteiger charge is 2.30. The van der Waals surface area contributed by atoms with Crippen molar-refractivity contribution in [3.8, 4) is 50.2 Å². The fraction of sp³-hybridized carbons (Fsp3) is 0. The second-order valence-corrected chi connectivity index (χ2v) is 20.1. The van der Waals surface area contributed by atoms with Crippen LogP contribution in [0.2, 0.25) is 0 Å². The Morgan fingerprint density at radius 2 is 0.644 bits per heavy atom. The van der Waals surface area contributed by atoms with Crippen molar-refractivity contribution in [3.63, 3.8) is 0 Å². The Morgan fingerprint density at radius 3 is 1.08 bits per heavy atom. The van der Waals surface area contributed by atoms with E-state index in [1.165, 1.54) is 0 Å². The Kier molecular flexibility index (Phi) is 9.16. The van der Waals surface area contributed by atoms with Gasteiger partial charge < -0.3 is 9.47 Å². The minimum Gasteiger partial charge on any atom is -0.308 e. The van der Waals surface area contributed by atoms with Crippen LogP contribution < -0.4 is 15.8 Å². The number of benzene rings is 11. The predicted octanol–water partition coefficient (Wildman–Crippen LogP) is 17.6. The van der Waals surface area contributed by atoms with Gasteiger partial charge in [0.15, 0.2) is 10.9 Å². The number of aromatic nitrogens is 1. The first-order chi connectivity index (χ1) is 36.1. The number of hydrogen-bond acceptors (Lipinski definition) is 4. The molecule has 1 aromatic heterocycles. The van der Waals surface area contributed by atoms with Gasteiger partial charge in [-0.2, -0.15) is 0 Å². The van der Waals surface area contributed by atoms with Gasteiger partial charge in [0.05, 0.1) is 44.6 Å². The summed E-state index contributed by atoms with van der Waals surface area (Å²) in [5.41, 5.74) is 14.5. The monoisotopic (exact) mass is 948 g/mol. The second-order valence-electron chi connectivity index (χ2n) is 19.0. The second kappa shape index (κ2) is 16.1. The molecule has 0 saturated heterocycles. The van der Waals surface area contributed by atoms with Gasteiger partial charge in [-0.25, -0.2) is 0 Å². The van der Waals surface area contributed by atoms with E-state index in [0.717, 1.165) is 120 Å². The lowest BCUT2D eigenvalue weighted by atomic mass is 10.0. The minimum absolute atomic E-state index is 0.0462. The molecule has 1 aliphatic heterocycles. The average Bonchev–Trinajstić information content (AvgIpc) is 4.06. The van der Waals surface area contributed by atoms with Crippen LogP contribution in [-0.2, 0) is 0 Å². The first kappa shape index (κ1) is 41.5. The third kappa shape index (κ3) is 6.29. The molecule has 2 heterocycles. The van der Waals surface area contributed by atoms with E-state index in [0.29, 0.717) is 21.5 Å². The maximum atomic E-state index is 15.4. The molecule has 15 rings (SSSR count). The van der Waals surface area contributed by atoms with Crippen molar-refractivity contribution < 1.29 is 0 Å². The van der Waals surface area contributed by atoms with Crippen molar-refractivity contribution in [2.75, 3.05) is 4.90 Å². The van der Waals surface area contributed by atoms with Crippen LogP contribution in [0.1, 0.15) is 0 Å². The Morgan fingerprint density at radius 1 is 0.260 bits per heavy atom. The van der Waals surface area contributed by atoms with E-state index in [1.54, 1.807) is 11.8 Å². The van der Waals surface area contributed by atoms with Crippen LogP contribution in [0.25, 0.3) is 115 Å². The lowest BCUT2D eigenvalue weighted by Gasteiger charge is -2.34. The SMILES string of the molecule is O=c1c2ccc3c(=O)c4c(-n5c6ccc(-c7ccccc7)cc6c6cc(-c7ccccc7)ccc65)cccc4c3c2c2cccc(N3c4cc(-c5ccccc5)ccc4Sc4ccc(-c5ccccc5)cc43)c12. The van der Waals surface area contributed by atoms with Gasteiger partial charge in [0.25, 0.3) is 0 Å². The van der Waals surface area contributed by atoms with Crippen molar-refractivity contribution in [2.24, 2.45) is 0 Å². The molecule has 0 aliphatic carbocycles. The van der Waals surface area contributed by atoms with E-state index in [1.807, 2.05) is 36.4 Å². The van der Waals surface area contributed by atoms with Crippen molar-refractivity contribution in [2.45, 2.75) is 9.79 Å². The standard InChI is InChI=1S/C68H40N2O2S/c71-67-51-31-32-52-64(63(51)49-23-13-25-57(65(49)67)69-55-33-27-45(41-15-5-1-6-16-41)37-53(55)54-38-46(28-34-56(54)69)42-17-7-2-8-18-42)50-24-14-26-58(66(50)68(52)72)70-59-39-47(43-19-9-3-10-20-43)29-35-61(59)73-62-36-30-48(40-60(62)70)44-21-11-4-12-22-44/h1-40H. The van der Waals surface area contributed by atoms with E-state index >= 15 is 9.59 Å². The largest absolute Gasteiger partial charge is 0.308 e. The van der Waals surface area contributed by atoms with Gasteiger partial charge in [0.1, 0.15) is 0 Å². The molecule has 14 aromatic rings. The Hall–Kier alpha value is -9.29. The van der Waals surface area contributed by atoms with Gasteiger partial charge in [-0.3, -0.25) is 9.59 Å². The van der Waals surface area contributed by atoms with Crippen LogP contribution in [-0.4, -0.2) is 4.57 Å². The molecular formula is C68H40N2O2S. The van der Waals surface area contributed by atoms with Crippen LogP contribution in [0.15, 0.2) is 262 Å². The van der Waals surface area contributed by atoms with Crippen molar-refractivity contribution >= 4 is 93.7 Å². The number of nitrogens with zero attached hydrogens (tertiary/aromatic N) is 2. The maximum absolute atomic E-state index is 15.4. The summed E-state index contributed by atoms with van der Waals surface area (Å²) in [6.45, 7) is 0. The molecule has 0 spiro atoms. The molecule has 0 unspecified atom stereocenters. The van der Waals surface area contributed by atoms with Crippen molar-refractivity contribution in [1.82, 2.24) is 4.57 Å². The zero-order chi connectivity index (χ0) is 48.3. The summed E-state index contributed by atoms with van der Waals surface area (Å²) in [5, 5.41) is 7.99. The van der Waals surface area contributed by atoms with Gasteiger partial charge in [-0.05, 0) is 128 Å². The summed E-state index contributed by atoms with van der Waals surface area (Å²) in [7, 11) is 0. The lowest BCUT2D eigenvalue weighted by molar-refractivity contribution is 1.17. The van der Waals surface area contributed by atoms with Crippen LogP contribution >= 0.6 is 11.8 Å². The molecule has 4 nitrogen and oxygen atoms in total. The van der Waals surface area contributed by atoms with Crippen LogP contribution in [0.5, 0.6) is 0 Å². The van der Waals surface area contributed by atoms with E-state index in [2.05, 4.69) is 216 Å². The summed E-state index contributed by atoms with van der Waals surface area (Å²) >= 11 is 1.75. The summed E-state index contributed by atoms with van der Waals surface area (Å²) in [6, 6.07) is 84.7. The normalized spacial score (nSPS) is 12.4. The highest BCUT2D eigenvalue weighted by molar-refractivity contribution is 7.99. The molecular weight excluding hydrogens is 909 g/mol. The molecule has 0 fully saturated rings. The maximum Gasteiger partial charge on any atom is 0.196 e. The van der Waals surface area contributed by atoms with E-state index in [9.17, 15) is 0 Å². The Labute approximate surface area is 424 Å². The fourth-order valence-corrected chi connectivity index (χ4v) is 12.8. The summed E-state index contributed by atoms with van der Waals surface area (Å²) in [5.74, 6) is 0. The van der Waals surface area contributed by atoms with Crippen LogP contribution in [0.4, 0.5) is 17.1 Å². The summed E-state index contributed by atoms with van der Waals surface area (Å²) < 4.78 is 2.27. The molecule has 0 saturated carbocycles. The van der Waals surface area contributed by atoms with Crippen LogP contribution in [0.3, 0.4) is 0 Å². The minimum atomic E-state index is -0.0500. The number of rotatable bonds is 6. The Balaban J connectivity index is 0.977. The van der Waals surface area contributed by atoms with Crippen LogP contribution in [0, 0.1) is 0 Å². The highest BCUT2D eigenvalue weighted by Crippen LogP contribution is 2.55. The smallest absolute Gasteiger partial charge is 0.196 e. The third-order valence-corrected chi connectivity index (χ3v) is 16.2. The number of hydrogen-bond donors (Lipinski definition) is 0. The molecule has 0 radical (unpaired) electrons. The van der Waals surface area contributed by atoms with Gasteiger partial charge in [-0.15, -0.1) is 0 Å². The third-order valence-electron chi connectivity index (χ3n) is 15.1. The molecule has 0 N–H and O–H groups in total. The fourth-order valence-electron chi connectivity index (χ4n) is 11.7. The first-order valence-electron chi connectivity index (χ1n) is 24.7. The average molecular weight is 949 g/mol. The first-order valence-corrected chi connectivity index (χ1v) is 25.5. The number of anilines is 3. The van der Waals surface area contributed by atoms with Crippen molar-refractivity contribution in [1.29, 1.82) is 0 Å². The van der Waals surface area contributed by atoms with E-state index < -0.39 is 0 Å². The van der Waals surface area contributed by atoms with E-state index in [4.69, 9.17) is 0 Å². The van der Waals surface area contributed by atoms with Gasteiger partial charge in [0, 0.05) is 42.1 Å². The summed E-state index contributed by atoms with van der Waals surface area (Å²) in [4.78, 5) is 35.3. The zero-order valence-corrected chi connectivity index (χ0v) is 40.0. The highest BCUT2D eigenvalue weighted by atomic mass is 32.2. The molecule has 73 heavy (non-hydrogen) atoms. The molecule has 0 amide bonds. The lowest BCUT2D eigenvalue weighted by Crippen LogP contribution is -2.16. The zero-order valence-electron chi connectivity index (χ0n) is 39.2. The van der Waals surface area contributed by atoms with Gasteiger partial charge in [0.2, 0.25) is 0 Å². The molecule has 340 valence electrons. The number of fused-ring (bicyclic) bond motifs is 12. The molecule has 0 bridgehead atoms. The summed E-state index contributed by atoms with van der Waals surface area (Å²) in [6.07, 6.45) is 0. The van der Waals surface area contributed by atoms with Gasteiger partial charge in [-0.1, -0.05) is 182 Å². The quantitative estimate of drug-likeness (QED) is 0.167. The Bertz CT molecular complexity index is 4490. The van der Waals surface area contributed by atoms with Gasteiger partial charge >= 0.3 is 0 Å². The molecule has 13 aromatic carbocycles.